The highest BCUT2D eigenvalue weighted by Gasteiger charge is 2.29. The zero-order chi connectivity index (χ0) is 14.1. The van der Waals surface area contributed by atoms with Crippen LogP contribution in [0, 0.1) is 0 Å². The first-order chi connectivity index (χ1) is 9.69. The van der Waals surface area contributed by atoms with Crippen LogP contribution in [0.5, 0.6) is 5.75 Å². The van der Waals surface area contributed by atoms with Gasteiger partial charge in [0.25, 0.3) is 0 Å². The summed E-state index contributed by atoms with van der Waals surface area (Å²) in [5.41, 5.74) is 2.12. The second kappa shape index (κ2) is 5.65. The molecule has 2 aromatic rings. The Hall–Kier alpha value is -1.22. The zero-order valence-electron chi connectivity index (χ0n) is 11.1. The van der Waals surface area contributed by atoms with E-state index in [0.29, 0.717) is 10.0 Å². The number of hydrogen-bond donors (Lipinski definition) is 1. The molecule has 0 aliphatic carbocycles. The summed E-state index contributed by atoms with van der Waals surface area (Å²) in [7, 11) is 1.96. The Morgan fingerprint density at radius 1 is 1.10 bits per heavy atom. The molecular weight excluding hydrogens is 293 g/mol. The van der Waals surface area contributed by atoms with E-state index in [1.165, 1.54) is 5.56 Å². The number of rotatable bonds is 2. The smallest absolute Gasteiger partial charge is 0.127 e. The van der Waals surface area contributed by atoms with Crippen molar-refractivity contribution in [3.8, 4) is 5.75 Å². The molecule has 0 aromatic heterocycles. The van der Waals surface area contributed by atoms with Gasteiger partial charge in [-0.1, -0.05) is 41.4 Å². The largest absolute Gasteiger partial charge is 0.485 e. The molecule has 0 saturated heterocycles. The van der Waals surface area contributed by atoms with E-state index in [1.54, 1.807) is 6.07 Å². The van der Waals surface area contributed by atoms with Gasteiger partial charge in [0, 0.05) is 33.6 Å². The lowest BCUT2D eigenvalue weighted by Crippen LogP contribution is -2.26. The predicted molar refractivity (Wildman–Crippen MR) is 82.7 cm³/mol. The van der Waals surface area contributed by atoms with Crippen LogP contribution in [-0.2, 0) is 0 Å². The quantitative estimate of drug-likeness (QED) is 0.862. The minimum Gasteiger partial charge on any atom is -0.485 e. The van der Waals surface area contributed by atoms with Gasteiger partial charge in [0.2, 0.25) is 0 Å². The standard InChI is InChI=1S/C16H15Cl2NO/c1-19-14-9-16(12-8-10(17)6-7-13(12)18)20-15-5-3-2-4-11(14)15/h2-8,14,16,19H,9H2,1H3. The normalized spacial score (nSPS) is 21.1. The van der Waals surface area contributed by atoms with Crippen LogP contribution in [-0.4, -0.2) is 7.05 Å². The van der Waals surface area contributed by atoms with Crippen LogP contribution >= 0.6 is 23.2 Å². The second-order valence-electron chi connectivity index (χ2n) is 4.89. The summed E-state index contributed by atoms with van der Waals surface area (Å²) in [6.45, 7) is 0. The fourth-order valence-electron chi connectivity index (χ4n) is 2.64. The van der Waals surface area contributed by atoms with Crippen LogP contribution < -0.4 is 10.1 Å². The number of benzene rings is 2. The van der Waals surface area contributed by atoms with Gasteiger partial charge < -0.3 is 10.1 Å². The summed E-state index contributed by atoms with van der Waals surface area (Å²) in [5.74, 6) is 0.902. The molecule has 1 heterocycles. The van der Waals surface area contributed by atoms with E-state index in [2.05, 4.69) is 11.4 Å². The van der Waals surface area contributed by atoms with Crippen LogP contribution in [0.4, 0.5) is 0 Å². The molecule has 1 aliphatic rings. The Morgan fingerprint density at radius 2 is 1.90 bits per heavy atom. The third-order valence-electron chi connectivity index (χ3n) is 3.67. The van der Waals surface area contributed by atoms with E-state index < -0.39 is 0 Å². The lowest BCUT2D eigenvalue weighted by Gasteiger charge is -2.32. The number of halogens is 2. The summed E-state index contributed by atoms with van der Waals surface area (Å²) in [6, 6.07) is 13.8. The fraction of sp³-hybridized carbons (Fsp3) is 0.250. The summed E-state index contributed by atoms with van der Waals surface area (Å²) >= 11 is 12.4. The first kappa shape index (κ1) is 13.7. The van der Waals surface area contributed by atoms with Gasteiger partial charge in [-0.15, -0.1) is 0 Å². The lowest BCUT2D eigenvalue weighted by atomic mass is 9.93. The summed E-state index contributed by atoms with van der Waals surface area (Å²) in [6.07, 6.45) is 0.738. The maximum Gasteiger partial charge on any atom is 0.127 e. The van der Waals surface area contributed by atoms with Crippen molar-refractivity contribution >= 4 is 23.2 Å². The van der Waals surface area contributed by atoms with E-state index in [1.807, 2.05) is 37.4 Å². The summed E-state index contributed by atoms with van der Waals surface area (Å²) in [4.78, 5) is 0. The van der Waals surface area contributed by atoms with E-state index in [9.17, 15) is 0 Å². The molecule has 2 atom stereocenters. The Labute approximate surface area is 128 Å². The minimum atomic E-state index is -0.0893. The van der Waals surface area contributed by atoms with Crippen molar-refractivity contribution in [3.05, 3.63) is 63.6 Å². The van der Waals surface area contributed by atoms with Crippen molar-refractivity contribution < 1.29 is 4.74 Å². The third kappa shape index (κ3) is 2.51. The highest BCUT2D eigenvalue weighted by atomic mass is 35.5. The number of hydrogen-bond acceptors (Lipinski definition) is 2. The van der Waals surface area contributed by atoms with Gasteiger partial charge in [-0.25, -0.2) is 0 Å². The van der Waals surface area contributed by atoms with Gasteiger partial charge in [-0.05, 0) is 31.3 Å². The molecule has 0 fully saturated rings. The van der Waals surface area contributed by atoms with Crippen LogP contribution in [0.3, 0.4) is 0 Å². The molecule has 1 aliphatic heterocycles. The molecule has 3 rings (SSSR count). The molecular formula is C16H15Cl2NO. The number of ether oxygens (including phenoxy) is 1. The SMILES string of the molecule is CNC1CC(c2cc(Cl)ccc2Cl)Oc2ccccc21. The van der Waals surface area contributed by atoms with E-state index >= 15 is 0 Å². The highest BCUT2D eigenvalue weighted by Crippen LogP contribution is 2.42. The van der Waals surface area contributed by atoms with Gasteiger partial charge in [0.15, 0.2) is 0 Å². The van der Waals surface area contributed by atoms with Crippen molar-refractivity contribution in [2.75, 3.05) is 7.05 Å². The van der Waals surface area contributed by atoms with Gasteiger partial charge in [0.1, 0.15) is 11.9 Å². The predicted octanol–water partition coefficient (Wildman–Crippen LogP) is 4.78. The molecule has 2 nitrogen and oxygen atoms in total. The van der Waals surface area contributed by atoms with Crippen LogP contribution in [0.2, 0.25) is 10.0 Å². The molecule has 104 valence electrons. The van der Waals surface area contributed by atoms with Gasteiger partial charge >= 0.3 is 0 Å². The van der Waals surface area contributed by atoms with Gasteiger partial charge in [-0.3, -0.25) is 0 Å². The Bertz CT molecular complexity index is 630. The summed E-state index contributed by atoms with van der Waals surface area (Å²) < 4.78 is 6.10. The van der Waals surface area contributed by atoms with Crippen LogP contribution in [0.15, 0.2) is 42.5 Å². The number of fused-ring (bicyclic) bond motifs is 1. The topological polar surface area (TPSA) is 21.3 Å². The number of para-hydroxylation sites is 1. The third-order valence-corrected chi connectivity index (χ3v) is 4.25. The van der Waals surface area contributed by atoms with Gasteiger partial charge in [0.05, 0.1) is 0 Å². The molecule has 20 heavy (non-hydrogen) atoms. The van der Waals surface area contributed by atoms with E-state index in [0.717, 1.165) is 17.7 Å². The average Bonchev–Trinajstić information content (AvgIpc) is 2.48. The van der Waals surface area contributed by atoms with Crippen molar-refractivity contribution in [1.29, 1.82) is 0 Å². The number of nitrogens with one attached hydrogen (secondary N) is 1. The molecule has 0 radical (unpaired) electrons. The van der Waals surface area contributed by atoms with Crippen molar-refractivity contribution in [2.24, 2.45) is 0 Å². The molecule has 4 heteroatoms. The van der Waals surface area contributed by atoms with E-state index in [4.69, 9.17) is 27.9 Å². The molecule has 0 spiro atoms. The Balaban J connectivity index is 2.00. The van der Waals surface area contributed by atoms with Crippen molar-refractivity contribution in [1.82, 2.24) is 5.32 Å². The highest BCUT2D eigenvalue weighted by molar-refractivity contribution is 6.33. The molecule has 2 aromatic carbocycles. The fourth-order valence-corrected chi connectivity index (χ4v) is 3.06. The molecule has 2 unspecified atom stereocenters. The zero-order valence-corrected chi connectivity index (χ0v) is 12.6. The van der Waals surface area contributed by atoms with E-state index in [-0.39, 0.29) is 12.1 Å². The Morgan fingerprint density at radius 3 is 2.70 bits per heavy atom. The second-order valence-corrected chi connectivity index (χ2v) is 5.73. The lowest BCUT2D eigenvalue weighted by molar-refractivity contribution is 0.154. The maximum absolute atomic E-state index is 6.29. The molecule has 0 amide bonds. The molecule has 0 bridgehead atoms. The first-order valence-electron chi connectivity index (χ1n) is 6.57. The minimum absolute atomic E-state index is 0.0893. The van der Waals surface area contributed by atoms with Crippen molar-refractivity contribution in [3.63, 3.8) is 0 Å². The monoisotopic (exact) mass is 307 g/mol. The van der Waals surface area contributed by atoms with Crippen LogP contribution in [0.25, 0.3) is 0 Å². The van der Waals surface area contributed by atoms with Crippen LogP contribution in [0.1, 0.15) is 29.7 Å². The summed E-state index contributed by atoms with van der Waals surface area (Å²) in [5, 5.41) is 4.70. The first-order valence-corrected chi connectivity index (χ1v) is 7.32. The molecule has 0 saturated carbocycles. The van der Waals surface area contributed by atoms with Gasteiger partial charge in [-0.2, -0.15) is 0 Å². The maximum atomic E-state index is 6.29. The average molecular weight is 308 g/mol. The van der Waals surface area contributed by atoms with Crippen molar-refractivity contribution in [2.45, 2.75) is 18.6 Å². The molecule has 1 N–H and O–H groups in total. The Kier molecular flexibility index (Phi) is 3.88.